The van der Waals surface area contributed by atoms with Gasteiger partial charge in [-0.25, -0.2) is 0 Å². The Morgan fingerprint density at radius 1 is 1.57 bits per heavy atom. The predicted molar refractivity (Wildman–Crippen MR) is 54.0 cm³/mol. The highest BCUT2D eigenvalue weighted by Crippen LogP contribution is 2.21. The maximum absolute atomic E-state index is 10.6. The van der Waals surface area contributed by atoms with Crippen LogP contribution in [0.25, 0.3) is 6.08 Å². The summed E-state index contributed by atoms with van der Waals surface area (Å²) in [6.45, 7) is 1.62. The summed E-state index contributed by atoms with van der Waals surface area (Å²) in [7, 11) is 0. The van der Waals surface area contributed by atoms with E-state index in [9.17, 15) is 10.1 Å². The number of hydrogen-bond donors (Lipinski definition) is 1. The molecule has 0 unspecified atom stereocenters. The minimum Gasteiger partial charge on any atom is -0.392 e. The fourth-order valence-corrected chi connectivity index (χ4v) is 1.20. The van der Waals surface area contributed by atoms with Crippen molar-refractivity contribution in [3.05, 3.63) is 45.5 Å². The summed E-state index contributed by atoms with van der Waals surface area (Å²) in [6, 6.07) is 4.86. The second kappa shape index (κ2) is 4.53. The van der Waals surface area contributed by atoms with Crippen LogP contribution in [0.4, 0.5) is 5.69 Å². The summed E-state index contributed by atoms with van der Waals surface area (Å²) in [5.41, 5.74) is 1.47. The topological polar surface area (TPSA) is 63.4 Å². The molecule has 0 amide bonds. The Balaban J connectivity index is 3.14. The van der Waals surface area contributed by atoms with E-state index < -0.39 is 4.92 Å². The van der Waals surface area contributed by atoms with Crippen molar-refractivity contribution in [3.8, 4) is 0 Å². The van der Waals surface area contributed by atoms with Crippen molar-refractivity contribution in [2.24, 2.45) is 0 Å². The van der Waals surface area contributed by atoms with Gasteiger partial charge >= 0.3 is 0 Å². The maximum atomic E-state index is 10.6. The Kier molecular flexibility index (Phi) is 3.36. The van der Waals surface area contributed by atoms with Gasteiger partial charge in [-0.05, 0) is 12.5 Å². The molecule has 4 nitrogen and oxygen atoms in total. The van der Waals surface area contributed by atoms with E-state index in [1.807, 2.05) is 0 Å². The van der Waals surface area contributed by atoms with Crippen molar-refractivity contribution in [2.75, 3.05) is 6.61 Å². The number of aliphatic hydroxyl groups excluding tert-OH is 1. The molecule has 1 aromatic rings. The lowest BCUT2D eigenvalue weighted by molar-refractivity contribution is -0.385. The molecule has 0 spiro atoms. The van der Waals surface area contributed by atoms with Crippen molar-refractivity contribution in [2.45, 2.75) is 6.92 Å². The van der Waals surface area contributed by atoms with Gasteiger partial charge in [0, 0.05) is 11.6 Å². The first-order valence-corrected chi connectivity index (χ1v) is 4.18. The minimum atomic E-state index is -0.411. The third-order valence-corrected chi connectivity index (χ3v) is 1.95. The third kappa shape index (κ3) is 2.17. The van der Waals surface area contributed by atoms with Gasteiger partial charge in [0.25, 0.3) is 5.69 Å². The highest BCUT2D eigenvalue weighted by Gasteiger charge is 2.10. The summed E-state index contributed by atoms with van der Waals surface area (Å²) in [6.07, 6.45) is 3.22. The minimum absolute atomic E-state index is 0.0673. The van der Waals surface area contributed by atoms with Crippen LogP contribution in [-0.2, 0) is 0 Å². The van der Waals surface area contributed by atoms with E-state index in [0.717, 1.165) is 5.56 Å². The standard InChI is InChI=1S/C10H11NO3/c1-8-9(5-3-7-12)4-2-6-10(8)11(13)14/h2-6,12H,7H2,1H3. The summed E-state index contributed by atoms with van der Waals surface area (Å²) >= 11 is 0. The molecular weight excluding hydrogens is 182 g/mol. The predicted octanol–water partition coefficient (Wildman–Crippen LogP) is 1.91. The first-order chi connectivity index (χ1) is 6.66. The van der Waals surface area contributed by atoms with Crippen LogP contribution >= 0.6 is 0 Å². The molecule has 1 rings (SSSR count). The normalized spacial score (nSPS) is 10.7. The van der Waals surface area contributed by atoms with Gasteiger partial charge in [-0.3, -0.25) is 10.1 Å². The van der Waals surface area contributed by atoms with Crippen LogP contribution in [-0.4, -0.2) is 16.6 Å². The average Bonchev–Trinajstić information content (AvgIpc) is 2.16. The van der Waals surface area contributed by atoms with Gasteiger partial charge in [-0.15, -0.1) is 0 Å². The van der Waals surface area contributed by atoms with Gasteiger partial charge in [-0.1, -0.05) is 24.3 Å². The third-order valence-electron chi connectivity index (χ3n) is 1.95. The van der Waals surface area contributed by atoms with Gasteiger partial charge < -0.3 is 5.11 Å². The lowest BCUT2D eigenvalue weighted by Gasteiger charge is -2.00. The Bertz CT molecular complexity index is 372. The Morgan fingerprint density at radius 3 is 2.86 bits per heavy atom. The number of rotatable bonds is 3. The Hall–Kier alpha value is -1.68. The summed E-state index contributed by atoms with van der Waals surface area (Å²) < 4.78 is 0. The van der Waals surface area contributed by atoms with E-state index in [1.165, 1.54) is 6.07 Å². The lowest BCUT2D eigenvalue weighted by atomic mass is 10.1. The zero-order valence-electron chi connectivity index (χ0n) is 7.80. The van der Waals surface area contributed by atoms with Crippen LogP contribution in [0.15, 0.2) is 24.3 Å². The van der Waals surface area contributed by atoms with E-state index in [2.05, 4.69) is 0 Å². The van der Waals surface area contributed by atoms with Crippen LogP contribution in [0.2, 0.25) is 0 Å². The molecule has 0 radical (unpaired) electrons. The molecule has 0 saturated carbocycles. The van der Waals surface area contributed by atoms with E-state index in [1.54, 1.807) is 31.2 Å². The monoisotopic (exact) mass is 193 g/mol. The van der Waals surface area contributed by atoms with Crippen molar-refractivity contribution in [1.82, 2.24) is 0 Å². The molecule has 0 atom stereocenters. The van der Waals surface area contributed by atoms with Crippen molar-refractivity contribution < 1.29 is 10.0 Å². The molecule has 0 aromatic heterocycles. The zero-order valence-corrected chi connectivity index (χ0v) is 7.80. The maximum Gasteiger partial charge on any atom is 0.272 e. The lowest BCUT2D eigenvalue weighted by Crippen LogP contribution is -1.93. The molecule has 0 aliphatic rings. The van der Waals surface area contributed by atoms with Crippen molar-refractivity contribution >= 4 is 11.8 Å². The van der Waals surface area contributed by atoms with E-state index in [0.29, 0.717) is 5.56 Å². The van der Waals surface area contributed by atoms with Gasteiger partial charge in [0.2, 0.25) is 0 Å². The molecule has 0 aliphatic carbocycles. The van der Waals surface area contributed by atoms with E-state index in [4.69, 9.17) is 5.11 Å². The first-order valence-electron chi connectivity index (χ1n) is 4.18. The fraction of sp³-hybridized carbons (Fsp3) is 0.200. The molecular formula is C10H11NO3. The highest BCUT2D eigenvalue weighted by molar-refractivity contribution is 5.59. The average molecular weight is 193 g/mol. The number of nitro benzene ring substituents is 1. The van der Waals surface area contributed by atoms with Crippen LogP contribution in [0, 0.1) is 17.0 Å². The van der Waals surface area contributed by atoms with E-state index in [-0.39, 0.29) is 12.3 Å². The molecule has 0 fully saturated rings. The molecule has 1 aromatic carbocycles. The van der Waals surface area contributed by atoms with Gasteiger partial charge in [-0.2, -0.15) is 0 Å². The van der Waals surface area contributed by atoms with Crippen LogP contribution in [0.5, 0.6) is 0 Å². The molecule has 4 heteroatoms. The van der Waals surface area contributed by atoms with Gasteiger partial charge in [0.05, 0.1) is 11.5 Å². The number of aliphatic hydroxyl groups is 1. The molecule has 14 heavy (non-hydrogen) atoms. The Morgan fingerprint density at radius 2 is 2.29 bits per heavy atom. The fourth-order valence-electron chi connectivity index (χ4n) is 1.20. The SMILES string of the molecule is Cc1c(C=CCO)cccc1[N+](=O)[O-]. The summed E-state index contributed by atoms with van der Waals surface area (Å²) in [5, 5.41) is 19.2. The second-order valence-electron chi connectivity index (χ2n) is 2.83. The molecule has 0 heterocycles. The molecule has 0 bridgehead atoms. The number of nitrogens with zero attached hydrogens (tertiary/aromatic N) is 1. The first kappa shape index (κ1) is 10.4. The summed E-state index contributed by atoms with van der Waals surface area (Å²) in [4.78, 5) is 10.2. The van der Waals surface area contributed by atoms with Crippen LogP contribution in [0.3, 0.4) is 0 Å². The summed E-state index contributed by atoms with van der Waals surface area (Å²) in [5.74, 6) is 0. The smallest absolute Gasteiger partial charge is 0.272 e. The number of nitro groups is 1. The van der Waals surface area contributed by atoms with Crippen LogP contribution in [0.1, 0.15) is 11.1 Å². The molecule has 74 valence electrons. The highest BCUT2D eigenvalue weighted by atomic mass is 16.6. The largest absolute Gasteiger partial charge is 0.392 e. The van der Waals surface area contributed by atoms with Gasteiger partial charge in [0.15, 0.2) is 0 Å². The Labute approximate surface area is 81.6 Å². The van der Waals surface area contributed by atoms with Crippen molar-refractivity contribution in [3.63, 3.8) is 0 Å². The quantitative estimate of drug-likeness (QED) is 0.589. The van der Waals surface area contributed by atoms with Crippen molar-refractivity contribution in [1.29, 1.82) is 0 Å². The van der Waals surface area contributed by atoms with Gasteiger partial charge in [0.1, 0.15) is 0 Å². The molecule has 0 saturated heterocycles. The number of benzene rings is 1. The van der Waals surface area contributed by atoms with Crippen LogP contribution < -0.4 is 0 Å². The zero-order chi connectivity index (χ0) is 10.6. The molecule has 0 aliphatic heterocycles. The second-order valence-corrected chi connectivity index (χ2v) is 2.83. The molecule has 1 N–H and O–H groups in total. The number of hydrogen-bond acceptors (Lipinski definition) is 3. The van der Waals surface area contributed by atoms with E-state index >= 15 is 0 Å².